The molecule has 2 aromatic heterocycles. The number of para-hydroxylation sites is 1. The molecule has 0 saturated carbocycles. The highest BCUT2D eigenvalue weighted by molar-refractivity contribution is 5.82. The third kappa shape index (κ3) is 2.08. The lowest BCUT2D eigenvalue weighted by atomic mass is 9.97. The Kier molecular flexibility index (Phi) is 3.24. The van der Waals surface area contributed by atoms with Gasteiger partial charge in [-0.15, -0.1) is 0 Å². The fraction of sp³-hybridized carbons (Fsp3) is 0.250. The van der Waals surface area contributed by atoms with Crippen molar-refractivity contribution in [3.8, 4) is 0 Å². The fourth-order valence-electron chi connectivity index (χ4n) is 2.63. The van der Waals surface area contributed by atoms with E-state index in [1.54, 1.807) is 0 Å². The third-order valence-corrected chi connectivity index (χ3v) is 3.61. The van der Waals surface area contributed by atoms with E-state index >= 15 is 0 Å². The Morgan fingerprint density at radius 2 is 2.00 bits per heavy atom. The first-order valence-electron chi connectivity index (χ1n) is 6.82. The Bertz CT molecular complexity index is 740. The second-order valence-electron chi connectivity index (χ2n) is 4.96. The van der Waals surface area contributed by atoms with Crippen LogP contribution in [-0.2, 0) is 13.5 Å². The normalized spacial score (nSPS) is 12.8. The van der Waals surface area contributed by atoms with Crippen molar-refractivity contribution in [2.24, 2.45) is 12.8 Å². The molecule has 2 N–H and O–H groups in total. The van der Waals surface area contributed by atoms with Crippen LogP contribution in [0.15, 0.2) is 42.7 Å². The maximum Gasteiger partial charge on any atom is 0.0753 e. The number of aromatic nitrogens is 3. The van der Waals surface area contributed by atoms with Crippen molar-refractivity contribution in [3.63, 3.8) is 0 Å². The predicted octanol–water partition coefficient (Wildman–Crippen LogP) is 2.58. The van der Waals surface area contributed by atoms with Gasteiger partial charge in [-0.25, -0.2) is 0 Å². The van der Waals surface area contributed by atoms with Crippen molar-refractivity contribution in [3.05, 3.63) is 59.5 Å². The van der Waals surface area contributed by atoms with E-state index in [-0.39, 0.29) is 6.04 Å². The van der Waals surface area contributed by atoms with E-state index in [0.717, 1.165) is 34.1 Å². The van der Waals surface area contributed by atoms with E-state index in [0.29, 0.717) is 0 Å². The highest BCUT2D eigenvalue weighted by Gasteiger charge is 2.18. The lowest BCUT2D eigenvalue weighted by Gasteiger charge is -2.14. The number of hydrogen-bond donors (Lipinski definition) is 1. The number of fused-ring (bicyclic) bond motifs is 1. The smallest absolute Gasteiger partial charge is 0.0753 e. The van der Waals surface area contributed by atoms with Gasteiger partial charge in [-0.1, -0.05) is 31.2 Å². The molecule has 0 saturated heterocycles. The highest BCUT2D eigenvalue weighted by atomic mass is 15.3. The van der Waals surface area contributed by atoms with Gasteiger partial charge in [-0.3, -0.25) is 9.67 Å². The topological polar surface area (TPSA) is 56.7 Å². The van der Waals surface area contributed by atoms with Crippen LogP contribution in [0.5, 0.6) is 0 Å². The second kappa shape index (κ2) is 5.06. The zero-order chi connectivity index (χ0) is 14.1. The summed E-state index contributed by atoms with van der Waals surface area (Å²) < 4.78 is 1.83. The van der Waals surface area contributed by atoms with Gasteiger partial charge in [0.05, 0.1) is 17.3 Å². The molecular weight excluding hydrogens is 248 g/mol. The van der Waals surface area contributed by atoms with Crippen LogP contribution in [-0.4, -0.2) is 14.8 Å². The Morgan fingerprint density at radius 3 is 2.80 bits per heavy atom. The molecule has 20 heavy (non-hydrogen) atoms. The van der Waals surface area contributed by atoms with Crippen molar-refractivity contribution < 1.29 is 0 Å². The summed E-state index contributed by atoms with van der Waals surface area (Å²) in [6, 6.07) is 9.94. The maximum atomic E-state index is 6.48. The molecule has 4 nitrogen and oxygen atoms in total. The first kappa shape index (κ1) is 12.8. The Hall–Kier alpha value is -2.20. The molecule has 0 aliphatic carbocycles. The van der Waals surface area contributed by atoms with Crippen LogP contribution < -0.4 is 5.73 Å². The van der Waals surface area contributed by atoms with Gasteiger partial charge in [-0.05, 0) is 18.1 Å². The van der Waals surface area contributed by atoms with Crippen molar-refractivity contribution in [1.29, 1.82) is 0 Å². The quantitative estimate of drug-likeness (QED) is 0.792. The van der Waals surface area contributed by atoms with Crippen molar-refractivity contribution in [2.75, 3.05) is 0 Å². The number of benzene rings is 1. The van der Waals surface area contributed by atoms with Crippen molar-refractivity contribution in [2.45, 2.75) is 19.4 Å². The van der Waals surface area contributed by atoms with Crippen LogP contribution in [0.3, 0.4) is 0 Å². The van der Waals surface area contributed by atoms with E-state index < -0.39 is 0 Å². The molecule has 0 fully saturated rings. The Balaban J connectivity index is 2.15. The Labute approximate surface area is 118 Å². The standard InChI is InChI=1S/C16H18N4/c1-3-14-13(10-20(2)19-14)15(17)12-8-4-6-11-7-5-9-18-16(11)12/h4-10,15H,3,17H2,1-2H3. The summed E-state index contributed by atoms with van der Waals surface area (Å²) in [6.07, 6.45) is 4.69. The lowest BCUT2D eigenvalue weighted by Crippen LogP contribution is -2.13. The summed E-state index contributed by atoms with van der Waals surface area (Å²) in [4.78, 5) is 4.48. The molecule has 0 spiro atoms. The first-order chi connectivity index (χ1) is 9.70. The summed E-state index contributed by atoms with van der Waals surface area (Å²) in [5.41, 5.74) is 10.6. The number of rotatable bonds is 3. The van der Waals surface area contributed by atoms with E-state index in [2.05, 4.69) is 29.1 Å². The van der Waals surface area contributed by atoms with Gasteiger partial charge in [0, 0.05) is 30.4 Å². The summed E-state index contributed by atoms with van der Waals surface area (Å²) in [6.45, 7) is 2.10. The van der Waals surface area contributed by atoms with E-state index in [1.165, 1.54) is 0 Å². The van der Waals surface area contributed by atoms with Gasteiger partial charge in [0.15, 0.2) is 0 Å². The van der Waals surface area contributed by atoms with Gasteiger partial charge >= 0.3 is 0 Å². The molecule has 1 atom stereocenters. The van der Waals surface area contributed by atoms with Crippen LogP contribution >= 0.6 is 0 Å². The second-order valence-corrected chi connectivity index (χ2v) is 4.96. The molecule has 2 heterocycles. The molecule has 0 amide bonds. The van der Waals surface area contributed by atoms with Crippen molar-refractivity contribution >= 4 is 10.9 Å². The lowest BCUT2D eigenvalue weighted by molar-refractivity contribution is 0.746. The van der Waals surface area contributed by atoms with Gasteiger partial charge in [-0.2, -0.15) is 5.10 Å². The van der Waals surface area contributed by atoms with Crippen LogP contribution in [0.4, 0.5) is 0 Å². The number of nitrogens with zero attached hydrogens (tertiary/aromatic N) is 3. The predicted molar refractivity (Wildman–Crippen MR) is 80.4 cm³/mol. The SMILES string of the molecule is CCc1nn(C)cc1C(N)c1cccc2cccnc12. The van der Waals surface area contributed by atoms with E-state index in [4.69, 9.17) is 5.73 Å². The fourth-order valence-corrected chi connectivity index (χ4v) is 2.63. The number of nitrogens with two attached hydrogens (primary N) is 1. The average molecular weight is 266 g/mol. The van der Waals surface area contributed by atoms with Crippen LogP contribution in [0.25, 0.3) is 10.9 Å². The van der Waals surface area contributed by atoms with Gasteiger partial charge in [0.25, 0.3) is 0 Å². The zero-order valence-corrected chi connectivity index (χ0v) is 11.7. The van der Waals surface area contributed by atoms with E-state index in [9.17, 15) is 0 Å². The first-order valence-corrected chi connectivity index (χ1v) is 6.82. The Morgan fingerprint density at radius 1 is 1.20 bits per heavy atom. The summed E-state index contributed by atoms with van der Waals surface area (Å²) in [7, 11) is 1.93. The molecule has 4 heteroatoms. The molecule has 0 radical (unpaired) electrons. The van der Waals surface area contributed by atoms with Gasteiger partial charge in [0.2, 0.25) is 0 Å². The van der Waals surface area contributed by atoms with Crippen LogP contribution in [0, 0.1) is 0 Å². The molecule has 0 bridgehead atoms. The highest BCUT2D eigenvalue weighted by Crippen LogP contribution is 2.27. The number of pyridine rings is 1. The summed E-state index contributed by atoms with van der Waals surface area (Å²) in [5, 5.41) is 5.59. The molecule has 3 rings (SSSR count). The zero-order valence-electron chi connectivity index (χ0n) is 11.7. The molecule has 0 aliphatic rings. The van der Waals surface area contributed by atoms with Gasteiger partial charge in [0.1, 0.15) is 0 Å². The van der Waals surface area contributed by atoms with Crippen LogP contribution in [0.2, 0.25) is 0 Å². The molecular formula is C16H18N4. The molecule has 0 aliphatic heterocycles. The van der Waals surface area contributed by atoms with Crippen molar-refractivity contribution in [1.82, 2.24) is 14.8 Å². The largest absolute Gasteiger partial charge is 0.320 e. The monoisotopic (exact) mass is 266 g/mol. The van der Waals surface area contributed by atoms with E-state index in [1.807, 2.05) is 42.3 Å². The molecule has 1 aromatic carbocycles. The van der Waals surface area contributed by atoms with Crippen LogP contribution in [0.1, 0.15) is 29.8 Å². The summed E-state index contributed by atoms with van der Waals surface area (Å²) >= 11 is 0. The molecule has 1 unspecified atom stereocenters. The molecule has 102 valence electrons. The molecule has 3 aromatic rings. The minimum Gasteiger partial charge on any atom is -0.320 e. The number of hydrogen-bond acceptors (Lipinski definition) is 3. The minimum atomic E-state index is -0.197. The average Bonchev–Trinajstić information content (AvgIpc) is 2.87. The maximum absolute atomic E-state index is 6.48. The number of aryl methyl sites for hydroxylation is 2. The minimum absolute atomic E-state index is 0.197. The van der Waals surface area contributed by atoms with Gasteiger partial charge < -0.3 is 5.73 Å². The third-order valence-electron chi connectivity index (χ3n) is 3.61. The summed E-state index contributed by atoms with van der Waals surface area (Å²) in [5.74, 6) is 0.